The van der Waals surface area contributed by atoms with E-state index in [1.807, 2.05) is 0 Å². The van der Waals surface area contributed by atoms with Gasteiger partial charge >= 0.3 is 0 Å². The minimum atomic E-state index is -0.107. The summed E-state index contributed by atoms with van der Waals surface area (Å²) in [4.78, 5) is 17.0. The predicted molar refractivity (Wildman–Crippen MR) is 342 cm³/mol. The Morgan fingerprint density at radius 1 is 0.309 bits per heavy atom. The summed E-state index contributed by atoms with van der Waals surface area (Å²) in [7, 11) is 0. The zero-order valence-corrected chi connectivity index (χ0v) is 48.4. The van der Waals surface area contributed by atoms with Crippen LogP contribution in [0.2, 0.25) is 0 Å². The van der Waals surface area contributed by atoms with Crippen LogP contribution < -0.4 is 16.4 Å². The van der Waals surface area contributed by atoms with Gasteiger partial charge in [0.25, 0.3) is 6.71 Å². The molecule has 0 spiro atoms. The van der Waals surface area contributed by atoms with Gasteiger partial charge in [-0.2, -0.15) is 15.0 Å². The highest BCUT2D eigenvalue weighted by molar-refractivity contribution is 7.00. The highest BCUT2D eigenvalue weighted by atomic mass is 15.3. The lowest BCUT2D eigenvalue weighted by Gasteiger charge is -2.35. The van der Waals surface area contributed by atoms with E-state index in [2.05, 4.69) is 271 Å². The second-order valence-corrected chi connectivity index (χ2v) is 27.4. The van der Waals surface area contributed by atoms with Crippen molar-refractivity contribution in [2.75, 3.05) is 0 Å². The lowest BCUT2D eigenvalue weighted by Crippen LogP contribution is -2.59. The van der Waals surface area contributed by atoms with Crippen LogP contribution in [0.25, 0.3) is 122 Å². The summed E-state index contributed by atoms with van der Waals surface area (Å²) in [5.74, 6) is 1.72. The SMILES string of the molecule is CC(C)(C)c1ccc2c(c1)c1cc(C(C)(C)C)cc3c1n2-c1cc(-c2nc(-n4c5ccccc5c5ccccc54)nc(-n4c5ccccc5c5ccccc54)n2)cc2c1B3c1cc(C(C)(C)C)cc3c4cc(C(C)(C)C)ccc4n-2c13. The van der Waals surface area contributed by atoms with Gasteiger partial charge in [-0.3, -0.25) is 9.13 Å². The first-order valence-corrected chi connectivity index (χ1v) is 28.9. The zero-order chi connectivity index (χ0) is 55.6. The quantitative estimate of drug-likeness (QED) is 0.166. The van der Waals surface area contributed by atoms with E-state index in [-0.39, 0.29) is 28.4 Å². The van der Waals surface area contributed by atoms with Crippen LogP contribution in [0.1, 0.15) is 105 Å². The summed E-state index contributed by atoms with van der Waals surface area (Å²) in [5.41, 5.74) is 21.3. The van der Waals surface area contributed by atoms with Gasteiger partial charge in [0.2, 0.25) is 11.9 Å². The first-order valence-electron chi connectivity index (χ1n) is 28.9. The summed E-state index contributed by atoms with van der Waals surface area (Å²) in [6.45, 7) is 28.1. The lowest BCUT2D eigenvalue weighted by atomic mass is 9.34. The number of hydrogen-bond acceptors (Lipinski definition) is 3. The molecule has 9 aromatic carbocycles. The number of fused-ring (bicyclic) bond motifs is 16. The van der Waals surface area contributed by atoms with Crippen molar-refractivity contribution >= 4 is 110 Å². The van der Waals surface area contributed by atoms with Gasteiger partial charge in [0.1, 0.15) is 0 Å². The largest absolute Gasteiger partial charge is 0.310 e. The normalized spacial score (nSPS) is 13.7. The Bertz CT molecular complexity index is 4690. The van der Waals surface area contributed by atoms with Crippen molar-refractivity contribution in [1.82, 2.24) is 33.2 Å². The smallest absolute Gasteiger partial charge is 0.252 e. The lowest BCUT2D eigenvalue weighted by molar-refractivity contribution is 0.590. The van der Waals surface area contributed by atoms with E-state index in [1.54, 1.807) is 0 Å². The Hall–Kier alpha value is -8.75. The fourth-order valence-corrected chi connectivity index (χ4v) is 14.0. The molecule has 2 aliphatic rings. The van der Waals surface area contributed by atoms with Crippen molar-refractivity contribution in [3.8, 4) is 34.7 Å². The number of aromatic nitrogens is 7. The van der Waals surface area contributed by atoms with Crippen LogP contribution in [0, 0.1) is 0 Å². The molecule has 0 saturated heterocycles. The Kier molecular flexibility index (Phi) is 9.52. The van der Waals surface area contributed by atoms with Crippen LogP contribution in [0.3, 0.4) is 0 Å². The molecule has 2 aliphatic heterocycles. The molecule has 16 rings (SSSR count). The first kappa shape index (κ1) is 48.2. The number of rotatable bonds is 3. The van der Waals surface area contributed by atoms with E-state index in [0.717, 1.165) is 60.5 Å². The zero-order valence-electron chi connectivity index (χ0n) is 48.4. The third-order valence-electron chi connectivity index (χ3n) is 18.2. The maximum atomic E-state index is 5.73. The molecule has 394 valence electrons. The van der Waals surface area contributed by atoms with Gasteiger partial charge in [-0.1, -0.05) is 180 Å². The topological polar surface area (TPSA) is 58.4 Å². The molecule has 0 atom stereocenters. The molecule has 5 aromatic heterocycles. The maximum absolute atomic E-state index is 5.73. The summed E-state index contributed by atoms with van der Waals surface area (Å²) >= 11 is 0. The van der Waals surface area contributed by atoms with Crippen LogP contribution in [0.5, 0.6) is 0 Å². The van der Waals surface area contributed by atoms with Crippen LogP contribution in [0.4, 0.5) is 0 Å². The van der Waals surface area contributed by atoms with Gasteiger partial charge in [-0.05, 0) is 133 Å². The molecule has 0 radical (unpaired) electrons. The van der Waals surface area contributed by atoms with Crippen molar-refractivity contribution in [1.29, 1.82) is 0 Å². The molecule has 0 bridgehead atoms. The third-order valence-corrected chi connectivity index (χ3v) is 18.2. The number of nitrogens with zero attached hydrogens (tertiary/aromatic N) is 7. The van der Waals surface area contributed by atoms with Gasteiger partial charge in [-0.25, -0.2) is 0 Å². The maximum Gasteiger partial charge on any atom is 0.252 e. The molecule has 0 fully saturated rings. The molecule has 0 unspecified atom stereocenters. The fraction of sp³-hybridized carbons (Fsp3) is 0.219. The molecule has 14 aromatic rings. The van der Waals surface area contributed by atoms with E-state index < -0.39 is 0 Å². The highest BCUT2D eigenvalue weighted by Crippen LogP contribution is 2.45. The third kappa shape index (κ3) is 6.74. The first-order chi connectivity index (χ1) is 38.7. The molecule has 81 heavy (non-hydrogen) atoms. The van der Waals surface area contributed by atoms with Gasteiger partial charge in [0.05, 0.1) is 33.1 Å². The van der Waals surface area contributed by atoms with E-state index in [4.69, 9.17) is 15.0 Å². The van der Waals surface area contributed by atoms with Crippen LogP contribution >= 0.6 is 0 Å². The molecule has 7 nitrogen and oxygen atoms in total. The van der Waals surface area contributed by atoms with Gasteiger partial charge in [0.15, 0.2) is 5.82 Å². The molecule has 7 heterocycles. The van der Waals surface area contributed by atoms with E-state index in [0.29, 0.717) is 17.7 Å². The van der Waals surface area contributed by atoms with Crippen LogP contribution in [-0.2, 0) is 21.7 Å². The summed E-state index contributed by atoms with van der Waals surface area (Å²) < 4.78 is 9.70. The summed E-state index contributed by atoms with van der Waals surface area (Å²) in [6, 6.07) is 64.0. The minimum absolute atomic E-state index is 0.0474. The average Bonchev–Trinajstić information content (AvgIpc) is 2.25. The van der Waals surface area contributed by atoms with Crippen LogP contribution in [0.15, 0.2) is 170 Å². The molecule has 0 amide bonds. The number of benzene rings is 9. The van der Waals surface area contributed by atoms with E-state index >= 15 is 0 Å². The monoisotopic (exact) mass is 1050 g/mol. The predicted octanol–water partition coefficient (Wildman–Crippen LogP) is 16.3. The van der Waals surface area contributed by atoms with Gasteiger partial charge < -0.3 is 9.13 Å². The summed E-state index contributed by atoms with van der Waals surface area (Å²) in [5, 5.41) is 9.74. The minimum Gasteiger partial charge on any atom is -0.310 e. The van der Waals surface area contributed by atoms with Crippen molar-refractivity contribution in [2.45, 2.75) is 105 Å². The molecular formula is C73H64BN7. The summed E-state index contributed by atoms with van der Waals surface area (Å²) in [6.07, 6.45) is 0. The van der Waals surface area contributed by atoms with Crippen molar-refractivity contribution in [3.05, 3.63) is 192 Å². The Balaban J connectivity index is 1.09. The Labute approximate surface area is 472 Å². The standard InChI is InChI=1S/C73H64BN7/c1-70(2,3)42-29-31-60-50(35-42)52-37-44(72(7,8)9)39-54-65(52)78(60)62-33-41(34-63-64(62)74(54)55-40-45(73(10,11)12)38-53-51-36-43(71(4,5)6)30-32-61(51)79(63)66(53)55)67-75-68(80-56-25-17-13-21-46(56)47-22-14-18-26-57(47)80)77-69(76-67)81-58-27-19-15-23-48(58)49-24-16-20-28-59(49)81/h13-40H,1-12H3. The number of para-hydroxylation sites is 4. The molecule has 0 saturated carbocycles. The van der Waals surface area contributed by atoms with Gasteiger partial charge in [0, 0.05) is 71.1 Å². The Morgan fingerprint density at radius 3 is 1.00 bits per heavy atom. The van der Waals surface area contributed by atoms with E-state index in [9.17, 15) is 0 Å². The second-order valence-electron chi connectivity index (χ2n) is 27.4. The van der Waals surface area contributed by atoms with Gasteiger partial charge in [-0.15, -0.1) is 0 Å². The molecule has 0 N–H and O–H groups in total. The average molecular weight is 1050 g/mol. The van der Waals surface area contributed by atoms with Crippen LogP contribution in [-0.4, -0.2) is 39.9 Å². The van der Waals surface area contributed by atoms with Crippen molar-refractivity contribution < 1.29 is 0 Å². The molecule has 8 heteroatoms. The molecular weight excluding hydrogens is 986 g/mol. The van der Waals surface area contributed by atoms with E-state index in [1.165, 1.54) is 82.3 Å². The van der Waals surface area contributed by atoms with Crippen molar-refractivity contribution in [2.24, 2.45) is 0 Å². The fourth-order valence-electron chi connectivity index (χ4n) is 14.0. The Morgan fingerprint density at radius 2 is 0.642 bits per heavy atom. The highest BCUT2D eigenvalue weighted by Gasteiger charge is 2.43. The van der Waals surface area contributed by atoms with Crippen molar-refractivity contribution in [3.63, 3.8) is 0 Å². The number of hydrogen-bond donors (Lipinski definition) is 0. The second kappa shape index (κ2) is 16.0. The molecule has 0 aliphatic carbocycles.